The van der Waals surface area contributed by atoms with Crippen molar-refractivity contribution in [2.75, 3.05) is 31.5 Å². The van der Waals surface area contributed by atoms with Crippen molar-refractivity contribution >= 4 is 38.9 Å². The Kier molecular flexibility index (Phi) is 6.35. The molecule has 2 heterocycles. The standard InChI is InChI=1S/C22H20FN3O4S2/c23-16-5-3-6-17(15-16)32(29,30)26-12-10-25(11-13-26)22(28)18-7-1-2-8-19(18)24-21(27)20-9-4-14-31-20/h1-9,14-15H,10-13H2,(H,24,27). The molecule has 32 heavy (non-hydrogen) atoms. The number of piperazine rings is 1. The first kappa shape index (κ1) is 22.1. The quantitative estimate of drug-likeness (QED) is 0.616. The Morgan fingerprint density at radius 3 is 2.38 bits per heavy atom. The number of amides is 2. The van der Waals surface area contributed by atoms with Gasteiger partial charge in [0.15, 0.2) is 0 Å². The topological polar surface area (TPSA) is 86.8 Å². The summed E-state index contributed by atoms with van der Waals surface area (Å²) in [6, 6.07) is 15.1. The van der Waals surface area contributed by atoms with Crippen LogP contribution in [0.15, 0.2) is 70.9 Å². The fourth-order valence-electron chi connectivity index (χ4n) is 3.45. The van der Waals surface area contributed by atoms with Crippen LogP contribution in [0.1, 0.15) is 20.0 Å². The number of nitrogens with zero attached hydrogens (tertiary/aromatic N) is 2. The molecule has 1 saturated heterocycles. The lowest BCUT2D eigenvalue weighted by Gasteiger charge is -2.34. The van der Waals surface area contributed by atoms with E-state index < -0.39 is 15.8 Å². The van der Waals surface area contributed by atoms with E-state index in [1.165, 1.54) is 33.8 Å². The number of halogens is 1. The second kappa shape index (κ2) is 9.19. The molecule has 0 aliphatic carbocycles. The fraction of sp³-hybridized carbons (Fsp3) is 0.182. The van der Waals surface area contributed by atoms with Gasteiger partial charge in [-0.3, -0.25) is 9.59 Å². The zero-order valence-electron chi connectivity index (χ0n) is 16.9. The average molecular weight is 474 g/mol. The SMILES string of the molecule is O=C(Nc1ccccc1C(=O)N1CCN(S(=O)(=O)c2cccc(F)c2)CC1)c1cccs1. The van der Waals surface area contributed by atoms with Crippen LogP contribution in [0.5, 0.6) is 0 Å². The van der Waals surface area contributed by atoms with Crippen molar-refractivity contribution in [2.24, 2.45) is 0 Å². The molecule has 7 nitrogen and oxygen atoms in total. The van der Waals surface area contributed by atoms with Crippen LogP contribution in [0.3, 0.4) is 0 Å². The molecule has 1 fully saturated rings. The number of sulfonamides is 1. The summed E-state index contributed by atoms with van der Waals surface area (Å²) in [5, 5.41) is 4.57. The third kappa shape index (κ3) is 4.57. The van der Waals surface area contributed by atoms with Gasteiger partial charge in [0.05, 0.1) is 21.0 Å². The first-order chi connectivity index (χ1) is 15.4. The minimum absolute atomic E-state index is 0.0916. The van der Waals surface area contributed by atoms with Crippen LogP contribution in [-0.4, -0.2) is 55.6 Å². The van der Waals surface area contributed by atoms with E-state index in [9.17, 15) is 22.4 Å². The van der Waals surface area contributed by atoms with Crippen LogP contribution in [0, 0.1) is 5.82 Å². The van der Waals surface area contributed by atoms with E-state index in [1.807, 2.05) is 0 Å². The van der Waals surface area contributed by atoms with Crippen LogP contribution in [0.2, 0.25) is 0 Å². The fourth-order valence-corrected chi connectivity index (χ4v) is 5.52. The highest BCUT2D eigenvalue weighted by Gasteiger charge is 2.31. The molecule has 0 bridgehead atoms. The molecule has 0 unspecified atom stereocenters. The highest BCUT2D eigenvalue weighted by molar-refractivity contribution is 7.89. The summed E-state index contributed by atoms with van der Waals surface area (Å²) >= 11 is 1.30. The lowest BCUT2D eigenvalue weighted by atomic mass is 10.1. The zero-order chi connectivity index (χ0) is 22.7. The molecule has 4 rings (SSSR count). The van der Waals surface area contributed by atoms with Crippen LogP contribution in [0.4, 0.5) is 10.1 Å². The molecule has 0 atom stereocenters. The molecular formula is C22H20FN3O4S2. The second-order valence-corrected chi connectivity index (χ2v) is 10.0. The first-order valence-electron chi connectivity index (χ1n) is 9.85. The van der Waals surface area contributed by atoms with E-state index in [1.54, 1.807) is 46.7 Å². The summed E-state index contributed by atoms with van der Waals surface area (Å²) < 4.78 is 40.3. The maximum Gasteiger partial charge on any atom is 0.265 e. The Labute approximate surface area is 189 Å². The largest absolute Gasteiger partial charge is 0.336 e. The van der Waals surface area contributed by atoms with E-state index in [0.717, 1.165) is 6.07 Å². The molecule has 1 aliphatic heterocycles. The number of benzene rings is 2. The van der Waals surface area contributed by atoms with Gasteiger partial charge < -0.3 is 10.2 Å². The van der Waals surface area contributed by atoms with Crippen LogP contribution < -0.4 is 5.32 Å². The number of rotatable bonds is 5. The minimum Gasteiger partial charge on any atom is -0.336 e. The maximum absolute atomic E-state index is 13.5. The Morgan fingerprint density at radius 2 is 1.69 bits per heavy atom. The third-order valence-electron chi connectivity index (χ3n) is 5.11. The molecule has 2 aromatic carbocycles. The molecule has 1 N–H and O–H groups in total. The lowest BCUT2D eigenvalue weighted by Crippen LogP contribution is -2.50. The van der Waals surface area contributed by atoms with E-state index >= 15 is 0 Å². The number of nitrogens with one attached hydrogen (secondary N) is 1. The predicted molar refractivity (Wildman–Crippen MR) is 120 cm³/mol. The van der Waals surface area contributed by atoms with E-state index in [0.29, 0.717) is 16.1 Å². The minimum atomic E-state index is -3.85. The summed E-state index contributed by atoms with van der Waals surface area (Å²) in [6.07, 6.45) is 0. The van der Waals surface area contributed by atoms with Crippen LogP contribution in [0.25, 0.3) is 0 Å². The summed E-state index contributed by atoms with van der Waals surface area (Å²) in [5.74, 6) is -1.22. The number of carbonyl (C=O) groups excluding carboxylic acids is 2. The Morgan fingerprint density at radius 1 is 0.938 bits per heavy atom. The van der Waals surface area contributed by atoms with Gasteiger partial charge in [-0.1, -0.05) is 24.3 Å². The number of para-hydroxylation sites is 1. The Bertz CT molecular complexity index is 1240. The van der Waals surface area contributed by atoms with Gasteiger partial charge in [-0.05, 0) is 41.8 Å². The van der Waals surface area contributed by atoms with Gasteiger partial charge in [0, 0.05) is 26.2 Å². The number of carbonyl (C=O) groups is 2. The van der Waals surface area contributed by atoms with Crippen molar-refractivity contribution in [3.8, 4) is 0 Å². The molecule has 10 heteroatoms. The first-order valence-corrected chi connectivity index (χ1v) is 12.2. The van der Waals surface area contributed by atoms with Crippen molar-refractivity contribution in [3.63, 3.8) is 0 Å². The van der Waals surface area contributed by atoms with Crippen LogP contribution in [-0.2, 0) is 10.0 Å². The Balaban J connectivity index is 1.46. The highest BCUT2D eigenvalue weighted by Crippen LogP contribution is 2.22. The smallest absolute Gasteiger partial charge is 0.265 e. The van der Waals surface area contributed by atoms with Gasteiger partial charge in [0.1, 0.15) is 5.82 Å². The van der Waals surface area contributed by atoms with Crippen molar-refractivity contribution in [2.45, 2.75) is 4.90 Å². The molecule has 2 amide bonds. The third-order valence-corrected chi connectivity index (χ3v) is 7.87. The predicted octanol–water partition coefficient (Wildman–Crippen LogP) is 3.29. The summed E-state index contributed by atoms with van der Waals surface area (Å²) in [5.41, 5.74) is 0.726. The molecule has 0 radical (unpaired) electrons. The molecule has 0 saturated carbocycles. The summed E-state index contributed by atoms with van der Waals surface area (Å²) in [6.45, 7) is 0.545. The zero-order valence-corrected chi connectivity index (χ0v) is 18.5. The van der Waals surface area contributed by atoms with Gasteiger partial charge in [-0.2, -0.15) is 4.31 Å². The van der Waals surface area contributed by atoms with Crippen molar-refractivity contribution in [1.82, 2.24) is 9.21 Å². The van der Waals surface area contributed by atoms with Crippen molar-refractivity contribution in [3.05, 3.63) is 82.3 Å². The molecular weight excluding hydrogens is 453 g/mol. The molecule has 0 spiro atoms. The average Bonchev–Trinajstić information content (AvgIpc) is 3.34. The lowest BCUT2D eigenvalue weighted by molar-refractivity contribution is 0.0699. The van der Waals surface area contributed by atoms with E-state index in [-0.39, 0.29) is 42.9 Å². The monoisotopic (exact) mass is 473 g/mol. The molecule has 166 valence electrons. The number of hydrogen-bond donors (Lipinski definition) is 1. The van der Waals surface area contributed by atoms with Gasteiger partial charge in [-0.25, -0.2) is 12.8 Å². The van der Waals surface area contributed by atoms with Gasteiger partial charge >= 0.3 is 0 Å². The van der Waals surface area contributed by atoms with E-state index in [4.69, 9.17) is 0 Å². The maximum atomic E-state index is 13.5. The van der Waals surface area contributed by atoms with Gasteiger partial charge in [0.25, 0.3) is 11.8 Å². The summed E-state index contributed by atoms with van der Waals surface area (Å²) in [4.78, 5) is 27.5. The van der Waals surface area contributed by atoms with Gasteiger partial charge in [-0.15, -0.1) is 11.3 Å². The van der Waals surface area contributed by atoms with Gasteiger partial charge in [0.2, 0.25) is 10.0 Å². The Hall–Kier alpha value is -3.08. The van der Waals surface area contributed by atoms with E-state index in [2.05, 4.69) is 5.32 Å². The number of anilines is 1. The molecule has 1 aromatic heterocycles. The molecule has 3 aromatic rings. The van der Waals surface area contributed by atoms with Crippen molar-refractivity contribution < 1.29 is 22.4 Å². The highest BCUT2D eigenvalue weighted by atomic mass is 32.2. The number of thiophene rings is 1. The summed E-state index contributed by atoms with van der Waals surface area (Å²) in [7, 11) is -3.85. The molecule has 1 aliphatic rings. The van der Waals surface area contributed by atoms with Crippen molar-refractivity contribution in [1.29, 1.82) is 0 Å². The van der Waals surface area contributed by atoms with Crippen LogP contribution >= 0.6 is 11.3 Å². The second-order valence-electron chi connectivity index (χ2n) is 7.13. The number of hydrogen-bond acceptors (Lipinski definition) is 5. The normalized spacial score (nSPS) is 14.8.